The molecule has 0 radical (unpaired) electrons. The number of carbonyl (C=O) groups is 1. The quantitative estimate of drug-likeness (QED) is 0.840. The van der Waals surface area contributed by atoms with Crippen molar-refractivity contribution in [3.05, 3.63) is 22.8 Å². The summed E-state index contributed by atoms with van der Waals surface area (Å²) < 4.78 is 0. The first-order valence-corrected chi connectivity index (χ1v) is 5.42. The number of hydrogen-bond acceptors (Lipinski definition) is 4. The van der Waals surface area contributed by atoms with Crippen LogP contribution in [-0.2, 0) is 4.79 Å². The first-order chi connectivity index (χ1) is 8.04. The van der Waals surface area contributed by atoms with Crippen LogP contribution in [0.5, 0.6) is 0 Å². The van der Waals surface area contributed by atoms with Crippen LogP contribution in [0.3, 0.4) is 0 Å². The minimum absolute atomic E-state index is 0.0453. The number of nitrogens with one attached hydrogen (secondary N) is 1. The van der Waals surface area contributed by atoms with Crippen LogP contribution in [0.1, 0.15) is 18.9 Å². The van der Waals surface area contributed by atoms with Crippen molar-refractivity contribution in [1.29, 1.82) is 5.26 Å². The Hall–Kier alpha value is -1.80. The predicted octanol–water partition coefficient (Wildman–Crippen LogP) is 2.13. The van der Waals surface area contributed by atoms with Crippen LogP contribution in [-0.4, -0.2) is 22.6 Å². The van der Waals surface area contributed by atoms with Crippen LogP contribution in [0.25, 0.3) is 0 Å². The summed E-state index contributed by atoms with van der Waals surface area (Å²) in [5, 5.41) is 20.6. The largest absolute Gasteiger partial charge is 0.481 e. The van der Waals surface area contributed by atoms with Gasteiger partial charge in [0.15, 0.2) is 0 Å². The van der Waals surface area contributed by atoms with Gasteiger partial charge in [-0.1, -0.05) is 18.5 Å². The highest BCUT2D eigenvalue weighted by Crippen LogP contribution is 2.22. The molecule has 0 aliphatic rings. The van der Waals surface area contributed by atoms with E-state index in [1.807, 2.05) is 13.0 Å². The average Bonchev–Trinajstić information content (AvgIpc) is 2.27. The van der Waals surface area contributed by atoms with E-state index in [0.29, 0.717) is 17.9 Å². The number of nitrogens with zero attached hydrogens (tertiary/aromatic N) is 2. The first kappa shape index (κ1) is 13.3. The molecule has 0 aromatic carbocycles. The Kier molecular flexibility index (Phi) is 4.73. The van der Waals surface area contributed by atoms with Crippen molar-refractivity contribution in [2.24, 2.45) is 5.92 Å². The highest BCUT2D eigenvalue weighted by Gasteiger charge is 2.10. The number of aliphatic carboxylic acids is 1. The molecule has 1 atom stereocenters. The van der Waals surface area contributed by atoms with Crippen LogP contribution in [0.4, 0.5) is 5.82 Å². The van der Waals surface area contributed by atoms with Crippen molar-refractivity contribution in [2.75, 3.05) is 11.9 Å². The minimum atomic E-state index is -0.843. The molecule has 5 nitrogen and oxygen atoms in total. The van der Waals surface area contributed by atoms with Crippen molar-refractivity contribution in [3.63, 3.8) is 0 Å². The molecule has 0 fully saturated rings. The van der Waals surface area contributed by atoms with Gasteiger partial charge in [0.25, 0.3) is 0 Å². The second-order valence-corrected chi connectivity index (χ2v) is 4.09. The monoisotopic (exact) mass is 253 g/mol. The molecule has 0 saturated carbocycles. The van der Waals surface area contributed by atoms with Crippen LogP contribution in [0.2, 0.25) is 5.02 Å². The fraction of sp³-hybridized carbons (Fsp3) is 0.364. The Morgan fingerprint density at radius 3 is 3.06 bits per heavy atom. The summed E-state index contributed by atoms with van der Waals surface area (Å²) in [5.74, 6) is -0.483. The third kappa shape index (κ3) is 3.93. The molecule has 17 heavy (non-hydrogen) atoms. The zero-order valence-corrected chi connectivity index (χ0v) is 10.0. The number of aromatic nitrogens is 1. The SMILES string of the molecule is CC(CNc1nccc(C#N)c1Cl)CC(=O)O. The lowest BCUT2D eigenvalue weighted by molar-refractivity contribution is -0.137. The maximum atomic E-state index is 10.5. The highest BCUT2D eigenvalue weighted by molar-refractivity contribution is 6.34. The molecule has 0 bridgehead atoms. The summed E-state index contributed by atoms with van der Waals surface area (Å²) in [6.45, 7) is 2.25. The van der Waals surface area contributed by atoms with E-state index < -0.39 is 5.97 Å². The van der Waals surface area contributed by atoms with Crippen molar-refractivity contribution >= 4 is 23.4 Å². The third-order valence-corrected chi connectivity index (χ3v) is 2.53. The Labute approximate surface area is 104 Å². The van der Waals surface area contributed by atoms with Crippen molar-refractivity contribution < 1.29 is 9.90 Å². The molecule has 0 amide bonds. The van der Waals surface area contributed by atoms with Gasteiger partial charge in [0.1, 0.15) is 16.9 Å². The smallest absolute Gasteiger partial charge is 0.303 e. The lowest BCUT2D eigenvalue weighted by atomic mass is 10.1. The van der Waals surface area contributed by atoms with E-state index in [1.54, 1.807) is 0 Å². The molecule has 0 aliphatic carbocycles. The van der Waals surface area contributed by atoms with E-state index in [0.717, 1.165) is 0 Å². The molecule has 2 N–H and O–H groups in total. The van der Waals surface area contributed by atoms with Gasteiger partial charge in [-0.05, 0) is 12.0 Å². The third-order valence-electron chi connectivity index (χ3n) is 2.15. The van der Waals surface area contributed by atoms with Crippen LogP contribution in [0.15, 0.2) is 12.3 Å². The van der Waals surface area contributed by atoms with E-state index in [1.165, 1.54) is 12.3 Å². The lowest BCUT2D eigenvalue weighted by Gasteiger charge is -2.12. The summed E-state index contributed by atoms with van der Waals surface area (Å²) in [5.41, 5.74) is 0.343. The van der Waals surface area contributed by atoms with Gasteiger partial charge in [-0.25, -0.2) is 4.98 Å². The number of rotatable bonds is 5. The van der Waals surface area contributed by atoms with Gasteiger partial charge in [0.05, 0.1) is 5.56 Å². The van der Waals surface area contributed by atoms with Gasteiger partial charge in [-0.2, -0.15) is 5.26 Å². The van der Waals surface area contributed by atoms with Crippen LogP contribution >= 0.6 is 11.6 Å². The highest BCUT2D eigenvalue weighted by atomic mass is 35.5. The zero-order valence-electron chi connectivity index (χ0n) is 9.27. The number of anilines is 1. The van der Waals surface area contributed by atoms with E-state index in [-0.39, 0.29) is 17.4 Å². The van der Waals surface area contributed by atoms with Gasteiger partial charge in [0, 0.05) is 19.2 Å². The Morgan fingerprint density at radius 1 is 1.76 bits per heavy atom. The van der Waals surface area contributed by atoms with Gasteiger partial charge in [-0.15, -0.1) is 0 Å². The molecule has 1 rings (SSSR count). The van der Waals surface area contributed by atoms with E-state index in [2.05, 4.69) is 10.3 Å². The zero-order chi connectivity index (χ0) is 12.8. The standard InChI is InChI=1S/C11H12ClN3O2/c1-7(4-9(16)17)6-15-11-10(12)8(5-13)2-3-14-11/h2-3,7H,4,6H2,1H3,(H,14,15)(H,16,17). The van der Waals surface area contributed by atoms with E-state index in [4.69, 9.17) is 22.0 Å². The van der Waals surface area contributed by atoms with E-state index >= 15 is 0 Å². The average molecular weight is 254 g/mol. The number of hydrogen-bond donors (Lipinski definition) is 2. The fourth-order valence-corrected chi connectivity index (χ4v) is 1.52. The molecule has 0 saturated heterocycles. The number of halogens is 1. The van der Waals surface area contributed by atoms with Crippen LogP contribution in [0, 0.1) is 17.2 Å². The van der Waals surface area contributed by atoms with E-state index in [9.17, 15) is 4.79 Å². The second-order valence-electron chi connectivity index (χ2n) is 3.72. The van der Waals surface area contributed by atoms with Gasteiger partial charge in [0.2, 0.25) is 0 Å². The second kappa shape index (κ2) is 6.06. The molecule has 1 aromatic rings. The maximum Gasteiger partial charge on any atom is 0.303 e. The molecule has 90 valence electrons. The summed E-state index contributed by atoms with van der Waals surface area (Å²) in [6, 6.07) is 3.47. The summed E-state index contributed by atoms with van der Waals surface area (Å²) in [6.07, 6.45) is 1.55. The van der Waals surface area contributed by atoms with Crippen molar-refractivity contribution in [1.82, 2.24) is 4.98 Å². The summed E-state index contributed by atoms with van der Waals surface area (Å²) >= 11 is 5.93. The maximum absolute atomic E-state index is 10.5. The summed E-state index contributed by atoms with van der Waals surface area (Å²) in [4.78, 5) is 14.5. The fourth-order valence-electron chi connectivity index (χ4n) is 1.29. The van der Waals surface area contributed by atoms with Gasteiger partial charge >= 0.3 is 5.97 Å². The Balaban J connectivity index is 2.64. The number of nitriles is 1. The normalized spacial score (nSPS) is 11.6. The molecular weight excluding hydrogens is 242 g/mol. The molecule has 0 aliphatic heterocycles. The van der Waals surface area contributed by atoms with Crippen molar-refractivity contribution in [2.45, 2.75) is 13.3 Å². The number of pyridine rings is 1. The molecule has 1 heterocycles. The van der Waals surface area contributed by atoms with Crippen molar-refractivity contribution in [3.8, 4) is 6.07 Å². The lowest BCUT2D eigenvalue weighted by Crippen LogP contribution is -2.15. The molecule has 1 unspecified atom stereocenters. The van der Waals surface area contributed by atoms with Gasteiger partial charge in [-0.3, -0.25) is 4.79 Å². The molecule has 1 aromatic heterocycles. The topological polar surface area (TPSA) is 86.0 Å². The van der Waals surface area contributed by atoms with Crippen LogP contribution < -0.4 is 5.32 Å². The molecular formula is C11H12ClN3O2. The Bertz CT molecular complexity index is 457. The first-order valence-electron chi connectivity index (χ1n) is 5.05. The predicted molar refractivity (Wildman–Crippen MR) is 63.9 cm³/mol. The molecule has 0 spiro atoms. The van der Waals surface area contributed by atoms with Gasteiger partial charge < -0.3 is 10.4 Å². The Morgan fingerprint density at radius 2 is 2.47 bits per heavy atom. The number of carboxylic acid groups (broad SMARTS) is 1. The minimum Gasteiger partial charge on any atom is -0.481 e. The number of carboxylic acids is 1. The molecule has 6 heteroatoms. The summed E-state index contributed by atoms with van der Waals surface area (Å²) in [7, 11) is 0.